The molecule has 0 spiro atoms. The first-order valence-corrected chi connectivity index (χ1v) is 16.0. The fourth-order valence-corrected chi connectivity index (χ4v) is 6.26. The van der Waals surface area contributed by atoms with Gasteiger partial charge in [-0.1, -0.05) is 17.9 Å². The zero-order chi connectivity index (χ0) is 36.2. The second-order valence-electron chi connectivity index (χ2n) is 13.1. The van der Waals surface area contributed by atoms with E-state index in [4.69, 9.17) is 0 Å². The highest BCUT2D eigenvalue weighted by Gasteiger charge is 2.45. The van der Waals surface area contributed by atoms with Gasteiger partial charge in [0.05, 0.1) is 34.6 Å². The molecule has 0 saturated carbocycles. The fourth-order valence-electron chi connectivity index (χ4n) is 6.26. The monoisotopic (exact) mass is 700 g/mol. The second kappa shape index (κ2) is 12.4. The maximum Gasteiger partial charge on any atom is 0.416 e. The standard InChI is InChI=1S/C35H31F3N8O5/c1-34(2,33(51)41-26-9-6-22(35(36,37)38)14-28(26)44-13-3-12-39-44)45-19-20(16-40-45)4-5-21-17-43(18-21)23-7-8-24-25(15-23)32(50)46(31(24)49)27-10-11-29(47)42-30(27)48/h3,6-9,12-16,19,21,27,31,49H,10-11,17-18H2,1-2H3,(H,41,51)(H,42,47,48). The van der Waals surface area contributed by atoms with Gasteiger partial charge >= 0.3 is 6.18 Å². The number of benzene rings is 2. The number of halogens is 3. The van der Waals surface area contributed by atoms with E-state index >= 15 is 0 Å². The molecule has 3 aliphatic heterocycles. The molecular weight excluding hydrogens is 669 g/mol. The minimum atomic E-state index is -4.58. The fraction of sp³-hybridized carbons (Fsp3) is 0.314. The number of imide groups is 1. The Kier molecular flexibility index (Phi) is 8.17. The molecule has 2 aromatic heterocycles. The van der Waals surface area contributed by atoms with Crippen LogP contribution < -0.4 is 15.5 Å². The number of nitrogens with zero attached hydrogens (tertiary/aromatic N) is 6. The van der Waals surface area contributed by atoms with Gasteiger partial charge in [-0.25, -0.2) is 4.68 Å². The largest absolute Gasteiger partial charge is 0.416 e. The molecule has 7 rings (SSSR count). The van der Waals surface area contributed by atoms with Gasteiger partial charge in [0.15, 0.2) is 6.23 Å². The Balaban J connectivity index is 0.989. The van der Waals surface area contributed by atoms with Crippen LogP contribution in [0.4, 0.5) is 24.5 Å². The number of carbonyl (C=O) groups excluding carboxylic acids is 4. The summed E-state index contributed by atoms with van der Waals surface area (Å²) >= 11 is 0. The summed E-state index contributed by atoms with van der Waals surface area (Å²) in [5.74, 6) is 4.28. The molecule has 16 heteroatoms. The van der Waals surface area contributed by atoms with E-state index in [-0.39, 0.29) is 30.1 Å². The van der Waals surface area contributed by atoms with Gasteiger partial charge in [-0.05, 0) is 56.7 Å². The summed E-state index contributed by atoms with van der Waals surface area (Å²) in [6.07, 6.45) is 0.399. The van der Waals surface area contributed by atoms with Crippen molar-refractivity contribution in [2.45, 2.75) is 50.7 Å². The number of aliphatic hydroxyl groups excluding tert-OH is 1. The Bertz CT molecular complexity index is 2130. The van der Waals surface area contributed by atoms with Crippen molar-refractivity contribution < 1.29 is 37.5 Å². The molecule has 0 aliphatic carbocycles. The topological polar surface area (TPSA) is 155 Å². The molecule has 4 amide bonds. The third-order valence-electron chi connectivity index (χ3n) is 9.29. The van der Waals surface area contributed by atoms with E-state index in [1.807, 2.05) is 4.90 Å². The predicted molar refractivity (Wildman–Crippen MR) is 175 cm³/mol. The number of hydrogen-bond acceptors (Lipinski definition) is 8. The summed E-state index contributed by atoms with van der Waals surface area (Å²) in [6.45, 7) is 4.40. The molecule has 262 valence electrons. The summed E-state index contributed by atoms with van der Waals surface area (Å²) in [5, 5.41) is 24.1. The van der Waals surface area contributed by atoms with Crippen LogP contribution in [0, 0.1) is 17.8 Å². The molecule has 0 radical (unpaired) electrons. The Morgan fingerprint density at radius 3 is 2.57 bits per heavy atom. The smallest absolute Gasteiger partial charge is 0.369 e. The number of nitrogens with one attached hydrogen (secondary N) is 2. The van der Waals surface area contributed by atoms with Gasteiger partial charge in [0.25, 0.3) is 11.8 Å². The number of anilines is 2. The van der Waals surface area contributed by atoms with Crippen LogP contribution >= 0.6 is 0 Å². The summed E-state index contributed by atoms with van der Waals surface area (Å²) in [4.78, 5) is 53.8. The van der Waals surface area contributed by atoms with Crippen molar-refractivity contribution >= 4 is 35.0 Å². The van der Waals surface area contributed by atoms with Crippen LogP contribution in [0.5, 0.6) is 0 Å². The molecule has 2 aromatic carbocycles. The van der Waals surface area contributed by atoms with E-state index in [0.717, 1.165) is 22.7 Å². The van der Waals surface area contributed by atoms with Crippen molar-refractivity contribution in [3.05, 3.63) is 89.5 Å². The first-order valence-electron chi connectivity index (χ1n) is 16.0. The van der Waals surface area contributed by atoms with Crippen LogP contribution in [0.2, 0.25) is 0 Å². The Labute approximate surface area is 289 Å². The summed E-state index contributed by atoms with van der Waals surface area (Å²) in [7, 11) is 0. The van der Waals surface area contributed by atoms with E-state index in [1.165, 1.54) is 34.0 Å². The van der Waals surface area contributed by atoms with E-state index in [9.17, 15) is 37.5 Å². The van der Waals surface area contributed by atoms with Crippen molar-refractivity contribution in [2.75, 3.05) is 23.3 Å². The molecule has 2 unspecified atom stereocenters. The van der Waals surface area contributed by atoms with E-state index in [2.05, 4.69) is 32.7 Å². The number of fused-ring (bicyclic) bond motifs is 1. The number of amides is 4. The normalized spacial score (nSPS) is 19.3. The molecule has 3 aliphatic rings. The maximum atomic E-state index is 13.4. The lowest BCUT2D eigenvalue weighted by Crippen LogP contribution is -2.53. The molecule has 13 nitrogen and oxygen atoms in total. The number of alkyl halides is 3. The van der Waals surface area contributed by atoms with Crippen LogP contribution in [0.25, 0.3) is 5.69 Å². The molecule has 2 fully saturated rings. The SMILES string of the molecule is CC(C)(C(=O)Nc1ccc(C(F)(F)F)cc1-n1cccn1)n1cc(C#CC2CN(c3ccc4c(c3)C(=O)N(C3CCC(=O)NC3=O)C4O)C2)cn1. The molecule has 3 N–H and O–H groups in total. The highest BCUT2D eigenvalue weighted by atomic mass is 19.4. The molecule has 2 atom stereocenters. The summed E-state index contributed by atoms with van der Waals surface area (Å²) in [6, 6.07) is 8.78. The number of aliphatic hydroxyl groups is 1. The van der Waals surface area contributed by atoms with Crippen LogP contribution in [-0.2, 0) is 26.1 Å². The minimum absolute atomic E-state index is 0.000405. The number of piperidine rings is 1. The van der Waals surface area contributed by atoms with Gasteiger partial charge in [0.2, 0.25) is 11.8 Å². The molecule has 2 saturated heterocycles. The summed E-state index contributed by atoms with van der Waals surface area (Å²) < 4.78 is 43.0. The van der Waals surface area contributed by atoms with Gasteiger partial charge < -0.3 is 15.3 Å². The Hall–Kier alpha value is -5.95. The zero-order valence-corrected chi connectivity index (χ0v) is 27.3. The minimum Gasteiger partial charge on any atom is -0.369 e. The van der Waals surface area contributed by atoms with Crippen molar-refractivity contribution in [1.29, 1.82) is 0 Å². The zero-order valence-electron chi connectivity index (χ0n) is 27.3. The first-order chi connectivity index (χ1) is 24.2. The van der Waals surface area contributed by atoms with Crippen molar-refractivity contribution in [2.24, 2.45) is 5.92 Å². The Morgan fingerprint density at radius 2 is 1.86 bits per heavy atom. The maximum absolute atomic E-state index is 13.4. The van der Waals surface area contributed by atoms with Crippen LogP contribution in [0.3, 0.4) is 0 Å². The molecular formula is C35H31F3N8O5. The average Bonchev–Trinajstić information content (AvgIpc) is 3.82. The number of aromatic nitrogens is 4. The Morgan fingerprint density at radius 1 is 1.08 bits per heavy atom. The number of rotatable bonds is 6. The van der Waals surface area contributed by atoms with Crippen LogP contribution in [-0.4, -0.2) is 72.3 Å². The van der Waals surface area contributed by atoms with E-state index in [1.54, 1.807) is 44.3 Å². The van der Waals surface area contributed by atoms with Gasteiger partial charge in [-0.15, -0.1) is 0 Å². The average molecular weight is 701 g/mol. The number of hydrogen-bond donors (Lipinski definition) is 3. The van der Waals surface area contributed by atoms with Gasteiger partial charge in [0, 0.05) is 54.9 Å². The van der Waals surface area contributed by atoms with Crippen molar-refractivity contribution in [3.8, 4) is 17.5 Å². The van der Waals surface area contributed by atoms with Gasteiger partial charge in [-0.3, -0.25) is 34.1 Å². The summed E-state index contributed by atoms with van der Waals surface area (Å²) in [5.41, 5.74) is 0.0972. The quantitative estimate of drug-likeness (QED) is 0.205. The lowest BCUT2D eigenvalue weighted by atomic mass is 9.98. The van der Waals surface area contributed by atoms with Crippen LogP contribution in [0.1, 0.15) is 60.0 Å². The van der Waals surface area contributed by atoms with Crippen molar-refractivity contribution in [3.63, 3.8) is 0 Å². The predicted octanol–water partition coefficient (Wildman–Crippen LogP) is 3.20. The van der Waals surface area contributed by atoms with Crippen LogP contribution in [0.15, 0.2) is 67.3 Å². The highest BCUT2D eigenvalue weighted by molar-refractivity contribution is 6.06. The molecule has 0 bridgehead atoms. The van der Waals surface area contributed by atoms with Gasteiger partial charge in [-0.2, -0.15) is 23.4 Å². The first kappa shape index (κ1) is 33.5. The van der Waals surface area contributed by atoms with E-state index in [0.29, 0.717) is 29.8 Å². The second-order valence-corrected chi connectivity index (χ2v) is 13.1. The molecule has 4 aromatic rings. The lowest BCUT2D eigenvalue weighted by Gasteiger charge is -2.38. The molecule has 51 heavy (non-hydrogen) atoms. The van der Waals surface area contributed by atoms with Gasteiger partial charge in [0.1, 0.15) is 11.6 Å². The number of carbonyl (C=O) groups is 4. The van der Waals surface area contributed by atoms with Crippen molar-refractivity contribution in [1.82, 2.24) is 29.8 Å². The third-order valence-corrected chi connectivity index (χ3v) is 9.29. The third kappa shape index (κ3) is 6.20. The van der Waals surface area contributed by atoms with E-state index < -0.39 is 53.2 Å². The molecule has 5 heterocycles. The lowest BCUT2D eigenvalue weighted by molar-refractivity contribution is -0.140. The highest BCUT2D eigenvalue weighted by Crippen LogP contribution is 2.38.